The fourth-order valence-corrected chi connectivity index (χ4v) is 4.99. The smallest absolute Gasteiger partial charge is 0.265 e. The first kappa shape index (κ1) is 22.7. The van der Waals surface area contributed by atoms with Crippen molar-refractivity contribution in [1.29, 1.82) is 0 Å². The second kappa shape index (κ2) is 9.31. The van der Waals surface area contributed by atoms with E-state index in [-0.39, 0.29) is 25.0 Å². The molecule has 0 saturated carbocycles. The molecule has 7 nitrogen and oxygen atoms in total. The van der Waals surface area contributed by atoms with Crippen LogP contribution in [-0.4, -0.2) is 34.9 Å². The lowest BCUT2D eigenvalue weighted by Gasteiger charge is -2.29. The van der Waals surface area contributed by atoms with E-state index in [1.165, 1.54) is 4.90 Å². The second-order valence-corrected chi connectivity index (χ2v) is 9.66. The number of nitrogens with zero attached hydrogens (tertiary/aromatic N) is 3. The van der Waals surface area contributed by atoms with E-state index in [0.29, 0.717) is 11.4 Å². The van der Waals surface area contributed by atoms with Gasteiger partial charge in [0.1, 0.15) is 17.3 Å². The summed E-state index contributed by atoms with van der Waals surface area (Å²) in [5.74, 6) is 0.0194. The van der Waals surface area contributed by atoms with Crippen LogP contribution in [0.3, 0.4) is 0 Å². The Balaban J connectivity index is 1.43. The van der Waals surface area contributed by atoms with Gasteiger partial charge in [-0.2, -0.15) is 0 Å². The number of aryl methyl sites for hydroxylation is 3. The molecule has 0 unspecified atom stereocenters. The van der Waals surface area contributed by atoms with Crippen LogP contribution in [0.2, 0.25) is 0 Å². The summed E-state index contributed by atoms with van der Waals surface area (Å²) in [7, 11) is 0. The van der Waals surface area contributed by atoms with Gasteiger partial charge in [-0.05, 0) is 62.7 Å². The molecular weight excluding hydrogens is 460 g/mol. The molecular formula is C27H24N4O3S. The Hall–Kier alpha value is -4.04. The number of thiazole rings is 1. The monoisotopic (exact) mass is 484 g/mol. The predicted molar refractivity (Wildman–Crippen MR) is 138 cm³/mol. The third-order valence-electron chi connectivity index (χ3n) is 5.81. The van der Waals surface area contributed by atoms with Crippen LogP contribution in [0.4, 0.5) is 11.4 Å². The molecule has 2 aromatic carbocycles. The van der Waals surface area contributed by atoms with Crippen LogP contribution in [0.1, 0.15) is 16.0 Å². The first-order valence-corrected chi connectivity index (χ1v) is 12.0. The van der Waals surface area contributed by atoms with E-state index in [1.807, 2.05) is 75.4 Å². The average molecular weight is 485 g/mol. The minimum Gasteiger partial charge on any atom is -0.482 e. The Bertz CT molecular complexity index is 1430. The molecule has 35 heavy (non-hydrogen) atoms. The Labute approximate surface area is 207 Å². The Morgan fingerprint density at radius 2 is 1.97 bits per heavy atom. The van der Waals surface area contributed by atoms with Crippen molar-refractivity contribution in [3.8, 4) is 27.7 Å². The lowest BCUT2D eigenvalue weighted by atomic mass is 10.1. The van der Waals surface area contributed by atoms with E-state index in [4.69, 9.17) is 9.72 Å². The first-order chi connectivity index (χ1) is 16.9. The normalized spacial score (nSPS) is 12.8. The van der Waals surface area contributed by atoms with E-state index in [1.54, 1.807) is 17.5 Å². The van der Waals surface area contributed by atoms with Crippen molar-refractivity contribution in [2.24, 2.45) is 0 Å². The third-order valence-corrected chi connectivity index (χ3v) is 6.81. The molecule has 1 N–H and O–H groups in total. The predicted octanol–water partition coefficient (Wildman–Crippen LogP) is 5.16. The van der Waals surface area contributed by atoms with Crippen molar-refractivity contribution in [3.63, 3.8) is 0 Å². The molecule has 1 aliphatic rings. The Morgan fingerprint density at radius 1 is 1.11 bits per heavy atom. The molecule has 0 bridgehead atoms. The van der Waals surface area contributed by atoms with Crippen molar-refractivity contribution in [2.75, 3.05) is 23.4 Å². The fourth-order valence-electron chi connectivity index (χ4n) is 4.07. The van der Waals surface area contributed by atoms with Crippen molar-refractivity contribution in [2.45, 2.75) is 20.8 Å². The van der Waals surface area contributed by atoms with Crippen LogP contribution < -0.4 is 15.0 Å². The van der Waals surface area contributed by atoms with Gasteiger partial charge >= 0.3 is 0 Å². The zero-order valence-electron chi connectivity index (χ0n) is 19.7. The number of nitrogens with one attached hydrogen (secondary N) is 1. The van der Waals surface area contributed by atoms with Gasteiger partial charge in [-0.25, -0.2) is 4.98 Å². The minimum atomic E-state index is -0.272. The molecule has 5 rings (SSSR count). The molecule has 0 fully saturated rings. The Kier molecular flexibility index (Phi) is 6.05. The summed E-state index contributed by atoms with van der Waals surface area (Å²) in [6, 6.07) is 17.2. The lowest BCUT2D eigenvalue weighted by molar-refractivity contribution is -0.123. The largest absolute Gasteiger partial charge is 0.482 e. The number of hydrogen-bond acceptors (Lipinski definition) is 6. The van der Waals surface area contributed by atoms with Crippen LogP contribution in [0.15, 0.2) is 60.8 Å². The van der Waals surface area contributed by atoms with E-state index < -0.39 is 0 Å². The molecule has 3 heterocycles. The summed E-state index contributed by atoms with van der Waals surface area (Å²) >= 11 is 1.57. The van der Waals surface area contributed by atoms with E-state index in [0.717, 1.165) is 43.7 Å². The summed E-state index contributed by atoms with van der Waals surface area (Å²) in [5, 5.41) is 3.75. The minimum absolute atomic E-state index is 0.108. The highest BCUT2D eigenvalue weighted by Gasteiger charge is 2.28. The number of amides is 2. The molecule has 176 valence electrons. The van der Waals surface area contributed by atoms with Gasteiger partial charge in [-0.1, -0.05) is 23.8 Å². The Morgan fingerprint density at radius 3 is 2.74 bits per heavy atom. The number of hydrogen-bond donors (Lipinski definition) is 1. The van der Waals surface area contributed by atoms with Gasteiger partial charge in [0.05, 0.1) is 17.1 Å². The highest BCUT2D eigenvalue weighted by Crippen LogP contribution is 2.39. The number of ether oxygens (including phenoxy) is 1. The van der Waals surface area contributed by atoms with Crippen LogP contribution in [-0.2, 0) is 9.59 Å². The SMILES string of the molecule is Cc1ccc(NC(=O)CN2C(=O)COc3ccc(-c4nc(-c5ccccn5)sc4C)cc32)c(C)c1. The molecule has 1 aliphatic heterocycles. The molecule has 2 aromatic heterocycles. The van der Waals surface area contributed by atoms with E-state index in [9.17, 15) is 9.59 Å². The molecule has 0 spiro atoms. The maximum atomic E-state index is 12.9. The van der Waals surface area contributed by atoms with Gasteiger partial charge in [0, 0.05) is 22.3 Å². The average Bonchev–Trinajstić information content (AvgIpc) is 3.24. The summed E-state index contributed by atoms with van der Waals surface area (Å²) < 4.78 is 5.64. The maximum absolute atomic E-state index is 12.9. The number of aromatic nitrogens is 2. The van der Waals surface area contributed by atoms with Crippen LogP contribution in [0.5, 0.6) is 5.75 Å². The molecule has 4 aromatic rings. The third kappa shape index (κ3) is 4.65. The van der Waals surface area contributed by atoms with Gasteiger partial charge in [0.2, 0.25) is 5.91 Å². The van der Waals surface area contributed by atoms with Crippen LogP contribution in [0, 0.1) is 20.8 Å². The second-order valence-electron chi connectivity index (χ2n) is 8.46. The zero-order valence-corrected chi connectivity index (χ0v) is 20.5. The number of rotatable bonds is 5. The standard InChI is InChI=1S/C27H24N4O3S/c1-16-7-9-20(17(2)12-16)29-24(32)14-31-22-13-19(8-10-23(22)34-15-25(31)33)26-18(3)35-27(30-26)21-6-4-5-11-28-21/h4-13H,14-15H2,1-3H3,(H,29,32). The van der Waals surface area contributed by atoms with E-state index >= 15 is 0 Å². The van der Waals surface area contributed by atoms with Crippen molar-refractivity contribution in [3.05, 3.63) is 76.8 Å². The number of carbonyl (C=O) groups is 2. The summed E-state index contributed by atoms with van der Waals surface area (Å²) in [5.41, 5.74) is 5.85. The molecule has 8 heteroatoms. The molecule has 2 amide bonds. The number of anilines is 2. The molecule has 0 radical (unpaired) electrons. The quantitative estimate of drug-likeness (QED) is 0.423. The fraction of sp³-hybridized carbons (Fsp3) is 0.185. The number of benzene rings is 2. The molecule has 0 atom stereocenters. The number of fused-ring (bicyclic) bond motifs is 1. The van der Waals surface area contributed by atoms with Gasteiger partial charge < -0.3 is 10.1 Å². The summed E-state index contributed by atoms with van der Waals surface area (Å²) in [6.07, 6.45) is 1.74. The summed E-state index contributed by atoms with van der Waals surface area (Å²) in [6.45, 7) is 5.74. The van der Waals surface area contributed by atoms with Crippen molar-refractivity contribution >= 4 is 34.5 Å². The lowest BCUT2D eigenvalue weighted by Crippen LogP contribution is -2.43. The topological polar surface area (TPSA) is 84.4 Å². The summed E-state index contributed by atoms with van der Waals surface area (Å²) in [4.78, 5) is 37.4. The van der Waals surface area contributed by atoms with Gasteiger partial charge in [0.15, 0.2) is 6.61 Å². The van der Waals surface area contributed by atoms with Crippen molar-refractivity contribution in [1.82, 2.24) is 9.97 Å². The molecule has 0 aliphatic carbocycles. The maximum Gasteiger partial charge on any atom is 0.265 e. The highest BCUT2D eigenvalue weighted by molar-refractivity contribution is 7.15. The highest BCUT2D eigenvalue weighted by atomic mass is 32.1. The zero-order chi connectivity index (χ0) is 24.5. The van der Waals surface area contributed by atoms with Crippen molar-refractivity contribution < 1.29 is 14.3 Å². The van der Waals surface area contributed by atoms with Crippen LogP contribution in [0.25, 0.3) is 22.0 Å². The van der Waals surface area contributed by atoms with Gasteiger partial charge in [-0.15, -0.1) is 11.3 Å². The number of pyridine rings is 1. The first-order valence-electron chi connectivity index (χ1n) is 11.2. The van der Waals surface area contributed by atoms with E-state index in [2.05, 4.69) is 10.3 Å². The van der Waals surface area contributed by atoms with Gasteiger partial charge in [0.25, 0.3) is 5.91 Å². The van der Waals surface area contributed by atoms with Crippen LogP contribution >= 0.6 is 11.3 Å². The van der Waals surface area contributed by atoms with Gasteiger partial charge in [-0.3, -0.25) is 19.5 Å². The molecule has 0 saturated heterocycles. The number of carbonyl (C=O) groups excluding carboxylic acids is 2.